The highest BCUT2D eigenvalue weighted by atomic mass is 19.1. The number of piperidine rings is 1. The Kier molecular flexibility index (Phi) is 8.68. The fraction of sp³-hybridized carbons (Fsp3) is 0.409. The van der Waals surface area contributed by atoms with Crippen LogP contribution in [0.2, 0.25) is 0 Å². The van der Waals surface area contributed by atoms with E-state index in [9.17, 15) is 9.18 Å². The third kappa shape index (κ3) is 7.10. The standard InChI is InChI=1S/C22H29FN8O3/c1-30(2)10-11-34-29-17-6-8-31(9-7-17)21-26-12-16(13-27-21)18-5-3-4-15(19(18)23)14-33-22(32)28-20(24)25/h3-5,12-13H,6-11,14H2,1-2H3,(H4,24,25,28,32). The first-order valence-electron chi connectivity index (χ1n) is 10.8. The quantitative estimate of drug-likeness (QED) is 0.254. The number of aliphatic imine (C=N–C) groups is 1. The molecule has 1 aromatic carbocycles. The maximum atomic E-state index is 15.0. The second kappa shape index (κ2) is 11.9. The van der Waals surface area contributed by atoms with Gasteiger partial charge in [-0.25, -0.2) is 19.2 Å². The van der Waals surface area contributed by atoms with Gasteiger partial charge in [0.05, 0.1) is 5.71 Å². The zero-order valence-corrected chi connectivity index (χ0v) is 19.3. The molecular formula is C22H29FN8O3. The van der Waals surface area contributed by atoms with Crippen molar-refractivity contribution >= 4 is 23.7 Å². The average Bonchev–Trinajstić information content (AvgIpc) is 2.81. The number of amides is 1. The highest BCUT2D eigenvalue weighted by Gasteiger charge is 2.19. The van der Waals surface area contributed by atoms with Crippen LogP contribution in [0.1, 0.15) is 18.4 Å². The molecule has 0 spiro atoms. The van der Waals surface area contributed by atoms with Gasteiger partial charge >= 0.3 is 6.09 Å². The minimum atomic E-state index is -0.993. The van der Waals surface area contributed by atoms with E-state index < -0.39 is 17.9 Å². The van der Waals surface area contributed by atoms with Crippen LogP contribution in [0.25, 0.3) is 11.1 Å². The number of carbonyl (C=O) groups excluding carboxylic acids is 1. The molecule has 0 aliphatic carbocycles. The molecule has 2 aromatic rings. The Morgan fingerprint density at radius 1 is 1.21 bits per heavy atom. The van der Waals surface area contributed by atoms with Crippen LogP contribution in [0.15, 0.2) is 40.7 Å². The molecule has 4 N–H and O–H groups in total. The van der Waals surface area contributed by atoms with Crippen LogP contribution in [0.5, 0.6) is 0 Å². The number of hydrogen-bond donors (Lipinski definition) is 2. The van der Waals surface area contributed by atoms with E-state index in [-0.39, 0.29) is 12.2 Å². The number of guanidine groups is 1. The minimum Gasteiger partial charge on any atom is -0.443 e. The van der Waals surface area contributed by atoms with Gasteiger partial charge in [0.2, 0.25) is 5.95 Å². The van der Waals surface area contributed by atoms with Crippen molar-refractivity contribution in [2.75, 3.05) is 45.2 Å². The number of likely N-dealkylation sites (N-methyl/N-ethyl adjacent to an activating group) is 1. The Morgan fingerprint density at radius 3 is 2.56 bits per heavy atom. The lowest BCUT2D eigenvalue weighted by molar-refractivity contribution is 0.124. The molecular weight excluding hydrogens is 443 g/mol. The third-order valence-corrected chi connectivity index (χ3v) is 5.05. The number of oxime groups is 1. The molecule has 182 valence electrons. The van der Waals surface area contributed by atoms with Crippen LogP contribution in [0, 0.1) is 5.82 Å². The summed E-state index contributed by atoms with van der Waals surface area (Å²) in [5.41, 5.74) is 12.2. The zero-order valence-electron chi connectivity index (χ0n) is 19.3. The Hall–Kier alpha value is -3.80. The topological polar surface area (TPSA) is 145 Å². The molecule has 1 amide bonds. The third-order valence-electron chi connectivity index (χ3n) is 5.05. The van der Waals surface area contributed by atoms with E-state index in [0.717, 1.165) is 38.2 Å². The smallest absolute Gasteiger partial charge is 0.437 e. The second-order valence-electron chi connectivity index (χ2n) is 7.92. The molecule has 0 bridgehead atoms. The normalized spacial score (nSPS) is 13.5. The lowest BCUT2D eigenvalue weighted by atomic mass is 10.1. The van der Waals surface area contributed by atoms with Crippen LogP contribution >= 0.6 is 0 Å². The maximum absolute atomic E-state index is 15.0. The van der Waals surface area contributed by atoms with Crippen LogP contribution in [0.3, 0.4) is 0 Å². The molecule has 12 heteroatoms. The van der Waals surface area contributed by atoms with Crippen molar-refractivity contribution < 1.29 is 18.8 Å². The zero-order chi connectivity index (χ0) is 24.5. The highest BCUT2D eigenvalue weighted by molar-refractivity contribution is 5.88. The largest absolute Gasteiger partial charge is 0.443 e. The maximum Gasteiger partial charge on any atom is 0.437 e. The monoisotopic (exact) mass is 472 g/mol. The number of carbonyl (C=O) groups is 1. The number of nitrogens with zero attached hydrogens (tertiary/aromatic N) is 6. The number of halogens is 1. The molecule has 0 radical (unpaired) electrons. The van der Waals surface area contributed by atoms with E-state index in [1.165, 1.54) is 6.07 Å². The molecule has 0 saturated carbocycles. The van der Waals surface area contributed by atoms with E-state index >= 15 is 0 Å². The van der Waals surface area contributed by atoms with E-state index in [2.05, 4.69) is 25.0 Å². The lowest BCUT2D eigenvalue weighted by Crippen LogP contribution is -2.35. The Morgan fingerprint density at radius 2 is 1.91 bits per heavy atom. The predicted molar refractivity (Wildman–Crippen MR) is 127 cm³/mol. The van der Waals surface area contributed by atoms with Gasteiger partial charge < -0.3 is 30.8 Å². The summed E-state index contributed by atoms with van der Waals surface area (Å²) in [6.07, 6.45) is 3.69. The van der Waals surface area contributed by atoms with Crippen molar-refractivity contribution in [2.45, 2.75) is 19.4 Å². The molecule has 34 heavy (non-hydrogen) atoms. The van der Waals surface area contributed by atoms with Gasteiger partial charge in [-0.2, -0.15) is 0 Å². The van der Waals surface area contributed by atoms with Crippen molar-refractivity contribution in [3.63, 3.8) is 0 Å². The Bertz CT molecular complexity index is 1030. The molecule has 0 atom stereocenters. The van der Waals surface area contributed by atoms with Gasteiger partial charge in [0.25, 0.3) is 0 Å². The number of ether oxygens (including phenoxy) is 1. The SMILES string of the molecule is CN(C)CCON=C1CCN(c2ncc(-c3cccc(COC(=O)N=C(N)N)c3F)cn2)CC1. The van der Waals surface area contributed by atoms with Gasteiger partial charge in [0, 0.05) is 61.6 Å². The molecule has 1 aromatic heterocycles. The van der Waals surface area contributed by atoms with Crippen molar-refractivity contribution in [1.82, 2.24) is 14.9 Å². The van der Waals surface area contributed by atoms with Gasteiger partial charge in [-0.15, -0.1) is 4.99 Å². The molecule has 11 nitrogen and oxygen atoms in total. The van der Waals surface area contributed by atoms with Crippen LogP contribution in [-0.4, -0.2) is 73.0 Å². The molecule has 1 saturated heterocycles. The average molecular weight is 473 g/mol. The fourth-order valence-electron chi connectivity index (χ4n) is 3.23. The summed E-state index contributed by atoms with van der Waals surface area (Å²) in [5, 5.41) is 4.22. The molecule has 0 unspecified atom stereocenters. The predicted octanol–water partition coefficient (Wildman–Crippen LogP) is 1.73. The summed E-state index contributed by atoms with van der Waals surface area (Å²) in [6, 6.07) is 4.77. The summed E-state index contributed by atoms with van der Waals surface area (Å²) in [4.78, 5) is 33.0. The first kappa shape index (κ1) is 24.8. The van der Waals surface area contributed by atoms with E-state index in [1.807, 2.05) is 19.0 Å². The Balaban J connectivity index is 1.59. The van der Waals surface area contributed by atoms with Gasteiger partial charge in [-0.05, 0) is 14.1 Å². The summed E-state index contributed by atoms with van der Waals surface area (Å²) < 4.78 is 19.8. The number of nitrogens with two attached hydrogens (primary N) is 2. The van der Waals surface area contributed by atoms with Crippen LogP contribution in [0.4, 0.5) is 15.1 Å². The van der Waals surface area contributed by atoms with Crippen molar-refractivity contribution in [3.8, 4) is 11.1 Å². The van der Waals surface area contributed by atoms with Crippen LogP contribution < -0.4 is 16.4 Å². The lowest BCUT2D eigenvalue weighted by Gasteiger charge is -2.27. The van der Waals surface area contributed by atoms with Crippen molar-refractivity contribution in [3.05, 3.63) is 42.0 Å². The van der Waals surface area contributed by atoms with Crippen molar-refractivity contribution in [1.29, 1.82) is 0 Å². The molecule has 1 fully saturated rings. The molecule has 1 aliphatic heterocycles. The van der Waals surface area contributed by atoms with Crippen LogP contribution in [-0.2, 0) is 16.2 Å². The summed E-state index contributed by atoms with van der Waals surface area (Å²) in [6.45, 7) is 2.50. The second-order valence-corrected chi connectivity index (χ2v) is 7.92. The summed E-state index contributed by atoms with van der Waals surface area (Å²) in [7, 11) is 3.97. The van der Waals surface area contributed by atoms with Gasteiger partial charge in [0.1, 0.15) is 19.0 Å². The first-order chi connectivity index (χ1) is 16.3. The minimum absolute atomic E-state index is 0.177. The Labute approximate surface area is 197 Å². The van der Waals surface area contributed by atoms with Crippen molar-refractivity contribution in [2.24, 2.45) is 21.6 Å². The van der Waals surface area contributed by atoms with Gasteiger partial charge in [0.15, 0.2) is 5.96 Å². The van der Waals surface area contributed by atoms with E-state index in [1.54, 1.807) is 24.5 Å². The number of hydrogen-bond acceptors (Lipinski definition) is 8. The van der Waals surface area contributed by atoms with Gasteiger partial charge in [-0.3, -0.25) is 0 Å². The van der Waals surface area contributed by atoms with E-state index in [4.69, 9.17) is 21.0 Å². The number of anilines is 1. The van der Waals surface area contributed by atoms with Gasteiger partial charge in [-0.1, -0.05) is 23.4 Å². The number of rotatable bonds is 8. The molecule has 1 aliphatic rings. The van der Waals surface area contributed by atoms with E-state index in [0.29, 0.717) is 23.7 Å². The first-order valence-corrected chi connectivity index (χ1v) is 10.8. The fourth-order valence-corrected chi connectivity index (χ4v) is 3.23. The number of benzene rings is 1. The highest BCUT2D eigenvalue weighted by Crippen LogP contribution is 2.26. The molecule has 3 rings (SSSR count). The molecule has 2 heterocycles. The number of aromatic nitrogens is 2. The summed E-state index contributed by atoms with van der Waals surface area (Å²) in [5.74, 6) is -0.398. The summed E-state index contributed by atoms with van der Waals surface area (Å²) >= 11 is 0.